The van der Waals surface area contributed by atoms with Gasteiger partial charge in [-0.05, 0) is 19.8 Å². The molecule has 0 bridgehead atoms. The van der Waals surface area contributed by atoms with Crippen molar-refractivity contribution in [1.82, 2.24) is 20.2 Å². The molecule has 9 heteroatoms. The predicted molar refractivity (Wildman–Crippen MR) is 74.5 cm³/mol. The molecule has 126 valence electrons. The average Bonchev–Trinajstić information content (AvgIpc) is 2.46. The SMILES string of the molecule is CC(=O)N1CC(NC(=O)c2cnc(C)cn2)CCC1C(F)(F)F. The van der Waals surface area contributed by atoms with E-state index in [2.05, 4.69) is 15.3 Å². The van der Waals surface area contributed by atoms with Crippen LogP contribution in [0.4, 0.5) is 13.2 Å². The second kappa shape index (κ2) is 6.51. The number of carbonyl (C=O) groups excluding carboxylic acids is 2. The minimum Gasteiger partial charge on any atom is -0.346 e. The first-order valence-corrected chi connectivity index (χ1v) is 7.12. The second-order valence-electron chi connectivity index (χ2n) is 5.52. The van der Waals surface area contributed by atoms with Crippen molar-refractivity contribution in [3.63, 3.8) is 0 Å². The van der Waals surface area contributed by atoms with Crippen LogP contribution in [0.25, 0.3) is 0 Å². The predicted octanol–water partition coefficient (Wildman–Crippen LogP) is 1.46. The number of amides is 2. The van der Waals surface area contributed by atoms with Crippen LogP contribution in [-0.2, 0) is 4.79 Å². The van der Waals surface area contributed by atoms with Crippen LogP contribution in [0.2, 0.25) is 0 Å². The minimum absolute atomic E-state index is 0.0860. The zero-order chi connectivity index (χ0) is 17.2. The highest BCUT2D eigenvalue weighted by Crippen LogP contribution is 2.32. The van der Waals surface area contributed by atoms with Gasteiger partial charge in [0.1, 0.15) is 11.7 Å². The average molecular weight is 330 g/mol. The van der Waals surface area contributed by atoms with E-state index in [1.54, 1.807) is 6.92 Å². The van der Waals surface area contributed by atoms with Crippen LogP contribution in [0.5, 0.6) is 0 Å². The Morgan fingerprint density at radius 2 is 1.96 bits per heavy atom. The van der Waals surface area contributed by atoms with E-state index >= 15 is 0 Å². The van der Waals surface area contributed by atoms with Crippen molar-refractivity contribution >= 4 is 11.8 Å². The molecule has 0 saturated carbocycles. The van der Waals surface area contributed by atoms with Gasteiger partial charge in [0.25, 0.3) is 5.91 Å². The fourth-order valence-electron chi connectivity index (χ4n) is 2.55. The maximum absolute atomic E-state index is 12.9. The van der Waals surface area contributed by atoms with Gasteiger partial charge in [0, 0.05) is 25.7 Å². The largest absolute Gasteiger partial charge is 0.408 e. The molecule has 0 spiro atoms. The molecule has 2 unspecified atom stereocenters. The van der Waals surface area contributed by atoms with E-state index in [4.69, 9.17) is 0 Å². The van der Waals surface area contributed by atoms with Crippen LogP contribution < -0.4 is 5.32 Å². The maximum atomic E-state index is 12.9. The molecule has 1 aromatic heterocycles. The fraction of sp³-hybridized carbons (Fsp3) is 0.571. The Morgan fingerprint density at radius 3 is 2.48 bits per heavy atom. The summed E-state index contributed by atoms with van der Waals surface area (Å²) in [4.78, 5) is 32.1. The first kappa shape index (κ1) is 17.2. The van der Waals surface area contributed by atoms with Crippen LogP contribution in [0.15, 0.2) is 12.4 Å². The van der Waals surface area contributed by atoms with Gasteiger partial charge in [-0.25, -0.2) is 4.98 Å². The summed E-state index contributed by atoms with van der Waals surface area (Å²) in [5.74, 6) is -1.18. The summed E-state index contributed by atoms with van der Waals surface area (Å²) in [6.45, 7) is 2.64. The van der Waals surface area contributed by atoms with E-state index in [9.17, 15) is 22.8 Å². The van der Waals surface area contributed by atoms with Crippen LogP contribution in [-0.4, -0.2) is 51.5 Å². The topological polar surface area (TPSA) is 75.2 Å². The van der Waals surface area contributed by atoms with Crippen molar-refractivity contribution in [2.75, 3.05) is 6.54 Å². The minimum atomic E-state index is -4.47. The lowest BCUT2D eigenvalue weighted by Gasteiger charge is -2.40. The number of carbonyl (C=O) groups is 2. The maximum Gasteiger partial charge on any atom is 0.408 e. The highest BCUT2D eigenvalue weighted by atomic mass is 19.4. The van der Waals surface area contributed by atoms with Gasteiger partial charge in [0.2, 0.25) is 5.91 Å². The van der Waals surface area contributed by atoms with Crippen LogP contribution in [0, 0.1) is 6.92 Å². The summed E-state index contributed by atoms with van der Waals surface area (Å²) in [7, 11) is 0. The molecule has 0 aromatic carbocycles. The molecule has 2 amide bonds. The van der Waals surface area contributed by atoms with Crippen molar-refractivity contribution in [3.8, 4) is 0 Å². The first-order valence-electron chi connectivity index (χ1n) is 7.12. The number of alkyl halides is 3. The monoisotopic (exact) mass is 330 g/mol. The van der Waals surface area contributed by atoms with E-state index in [0.717, 1.165) is 11.8 Å². The summed E-state index contributed by atoms with van der Waals surface area (Å²) in [5, 5.41) is 2.61. The zero-order valence-electron chi connectivity index (χ0n) is 12.7. The van der Waals surface area contributed by atoms with Gasteiger partial charge in [0.15, 0.2) is 0 Å². The molecule has 1 aliphatic heterocycles. The van der Waals surface area contributed by atoms with Crippen LogP contribution in [0.1, 0.15) is 35.9 Å². The Hall–Kier alpha value is -2.19. The molecule has 0 radical (unpaired) electrons. The summed E-state index contributed by atoms with van der Waals surface area (Å²) in [6, 6.07) is -2.35. The van der Waals surface area contributed by atoms with Gasteiger partial charge in [0.05, 0.1) is 11.9 Å². The molecule has 23 heavy (non-hydrogen) atoms. The van der Waals surface area contributed by atoms with Crippen molar-refractivity contribution in [2.24, 2.45) is 0 Å². The van der Waals surface area contributed by atoms with Gasteiger partial charge < -0.3 is 10.2 Å². The molecular formula is C14H17F3N4O2. The third kappa shape index (κ3) is 4.17. The van der Waals surface area contributed by atoms with Gasteiger partial charge in [-0.15, -0.1) is 0 Å². The molecule has 2 heterocycles. The van der Waals surface area contributed by atoms with Gasteiger partial charge in [-0.3, -0.25) is 14.6 Å². The van der Waals surface area contributed by atoms with Crippen LogP contribution in [0.3, 0.4) is 0 Å². The Kier molecular flexibility index (Phi) is 4.86. The van der Waals surface area contributed by atoms with E-state index in [0.29, 0.717) is 5.69 Å². The molecule has 1 saturated heterocycles. The highest BCUT2D eigenvalue weighted by Gasteiger charge is 2.47. The standard InChI is InChI=1S/C14H17F3N4O2/c1-8-5-19-11(6-18-8)13(23)20-10-3-4-12(14(15,16)17)21(7-10)9(2)22/h5-6,10,12H,3-4,7H2,1-2H3,(H,20,23). The molecule has 1 aliphatic rings. The van der Waals surface area contributed by atoms with Crippen molar-refractivity contribution in [2.45, 2.75) is 44.9 Å². The smallest absolute Gasteiger partial charge is 0.346 e. The van der Waals surface area contributed by atoms with Gasteiger partial charge in [-0.1, -0.05) is 0 Å². The second-order valence-corrected chi connectivity index (χ2v) is 5.52. The number of aryl methyl sites for hydroxylation is 1. The van der Waals surface area contributed by atoms with E-state index in [1.807, 2.05) is 0 Å². The van der Waals surface area contributed by atoms with E-state index in [-0.39, 0.29) is 25.1 Å². The lowest BCUT2D eigenvalue weighted by atomic mass is 9.97. The lowest BCUT2D eigenvalue weighted by Crippen LogP contribution is -2.57. The number of likely N-dealkylation sites (tertiary alicyclic amines) is 1. The number of piperidine rings is 1. The number of halogens is 3. The van der Waals surface area contributed by atoms with Gasteiger partial charge >= 0.3 is 6.18 Å². The number of rotatable bonds is 2. The number of aromatic nitrogens is 2. The molecule has 1 fully saturated rings. The third-order valence-electron chi connectivity index (χ3n) is 3.71. The molecule has 0 aliphatic carbocycles. The molecule has 2 rings (SSSR count). The Balaban J connectivity index is 2.04. The lowest BCUT2D eigenvalue weighted by molar-refractivity contribution is -0.196. The summed E-state index contributed by atoms with van der Waals surface area (Å²) < 4.78 is 38.8. The summed E-state index contributed by atoms with van der Waals surface area (Å²) in [5.41, 5.74) is 0.734. The van der Waals surface area contributed by atoms with Crippen molar-refractivity contribution in [3.05, 3.63) is 23.8 Å². The Bertz CT molecular complexity index is 589. The molecule has 1 aromatic rings. The van der Waals surface area contributed by atoms with E-state index < -0.39 is 30.1 Å². The first-order chi connectivity index (χ1) is 10.7. The zero-order valence-corrected chi connectivity index (χ0v) is 12.7. The van der Waals surface area contributed by atoms with Crippen molar-refractivity contribution < 1.29 is 22.8 Å². The number of hydrogen-bond donors (Lipinski definition) is 1. The van der Waals surface area contributed by atoms with Gasteiger partial charge in [-0.2, -0.15) is 13.2 Å². The number of hydrogen-bond acceptors (Lipinski definition) is 4. The number of nitrogens with one attached hydrogen (secondary N) is 1. The normalized spacial score (nSPS) is 21.9. The van der Waals surface area contributed by atoms with Crippen molar-refractivity contribution in [1.29, 1.82) is 0 Å². The molecule has 1 N–H and O–H groups in total. The quantitative estimate of drug-likeness (QED) is 0.891. The fourth-order valence-corrected chi connectivity index (χ4v) is 2.55. The van der Waals surface area contributed by atoms with E-state index in [1.165, 1.54) is 12.4 Å². The van der Waals surface area contributed by atoms with Crippen LogP contribution >= 0.6 is 0 Å². The number of nitrogens with zero attached hydrogens (tertiary/aromatic N) is 3. The molecule has 2 atom stereocenters. The molecule has 6 nitrogen and oxygen atoms in total. The third-order valence-corrected chi connectivity index (χ3v) is 3.71. The Morgan fingerprint density at radius 1 is 1.26 bits per heavy atom. The summed E-state index contributed by atoms with van der Waals surface area (Å²) >= 11 is 0. The highest BCUT2D eigenvalue weighted by molar-refractivity contribution is 5.92. The Labute approximate surface area is 131 Å². The summed E-state index contributed by atoms with van der Waals surface area (Å²) in [6.07, 6.45) is -1.85. The molecular weight excluding hydrogens is 313 g/mol.